The summed E-state index contributed by atoms with van der Waals surface area (Å²) < 4.78 is 13.2. The van der Waals surface area contributed by atoms with Crippen molar-refractivity contribution in [3.8, 4) is 33.6 Å². The lowest BCUT2D eigenvalue weighted by molar-refractivity contribution is 0.633. The molecule has 9 aromatic rings. The number of furan rings is 2. The van der Waals surface area contributed by atoms with Gasteiger partial charge in [-0.3, -0.25) is 0 Å². The van der Waals surface area contributed by atoms with Crippen LogP contribution in [0.25, 0.3) is 88.0 Å². The van der Waals surface area contributed by atoms with Crippen molar-refractivity contribution in [2.75, 3.05) is 0 Å². The maximum atomic E-state index is 6.75. The highest BCUT2D eigenvalue weighted by atomic mass is 16.3. The van der Waals surface area contributed by atoms with Gasteiger partial charge in [0, 0.05) is 16.3 Å². The molecule has 0 bridgehead atoms. The number of benzene rings is 7. The largest absolute Gasteiger partial charge is 0.456 e. The highest BCUT2D eigenvalue weighted by Crippen LogP contribution is 2.48. The Bertz CT molecular complexity index is 2390. The lowest BCUT2D eigenvalue weighted by Gasteiger charge is -2.18. The molecule has 0 saturated carbocycles. The van der Waals surface area contributed by atoms with Gasteiger partial charge < -0.3 is 8.83 Å². The zero-order valence-corrected chi connectivity index (χ0v) is 22.7. The molecule has 0 spiro atoms. The molecule has 42 heavy (non-hydrogen) atoms. The SMILES string of the molecule is c1ccc(-c2cc3c(-c4c5ccccc5c(-c5ccccc5)c5ccccc45)cc4oc5ccccc5c4c3o2)cc1. The van der Waals surface area contributed by atoms with Gasteiger partial charge in [-0.15, -0.1) is 0 Å². The van der Waals surface area contributed by atoms with Gasteiger partial charge >= 0.3 is 0 Å². The molecular formula is C40H24O2. The molecule has 2 heterocycles. The van der Waals surface area contributed by atoms with E-state index in [0.29, 0.717) is 0 Å². The van der Waals surface area contributed by atoms with E-state index in [0.717, 1.165) is 49.8 Å². The Balaban J connectivity index is 1.48. The Morgan fingerprint density at radius 1 is 0.357 bits per heavy atom. The Hall–Kier alpha value is -5.60. The molecule has 0 amide bonds. The molecule has 2 aromatic heterocycles. The van der Waals surface area contributed by atoms with E-state index in [-0.39, 0.29) is 0 Å². The zero-order chi connectivity index (χ0) is 27.6. The first kappa shape index (κ1) is 23.1. The maximum absolute atomic E-state index is 6.75. The molecule has 0 fully saturated rings. The summed E-state index contributed by atoms with van der Waals surface area (Å²) >= 11 is 0. The van der Waals surface area contributed by atoms with Crippen LogP contribution in [0.15, 0.2) is 154 Å². The molecule has 0 aliphatic heterocycles. The van der Waals surface area contributed by atoms with Crippen LogP contribution in [-0.2, 0) is 0 Å². The standard InChI is InChI=1S/C40H24O2/c1-3-13-25(14-4-1)35-24-33-32(23-36-39(40(33)42-35)31-21-11-12-22-34(31)41-36)38-29-19-9-7-17-27(29)37(26-15-5-2-6-16-26)28-18-8-10-20-30(28)38/h1-24H. The number of hydrogen-bond donors (Lipinski definition) is 0. The van der Waals surface area contributed by atoms with E-state index in [4.69, 9.17) is 8.83 Å². The van der Waals surface area contributed by atoms with Gasteiger partial charge in [0.25, 0.3) is 0 Å². The molecule has 0 N–H and O–H groups in total. The first-order valence-corrected chi connectivity index (χ1v) is 14.3. The van der Waals surface area contributed by atoms with E-state index in [2.05, 4.69) is 127 Å². The first-order chi connectivity index (χ1) is 20.8. The van der Waals surface area contributed by atoms with Gasteiger partial charge in [0.1, 0.15) is 22.5 Å². The molecule has 0 saturated heterocycles. The smallest absolute Gasteiger partial charge is 0.147 e. The molecule has 9 rings (SSSR count). The van der Waals surface area contributed by atoms with E-state index in [1.807, 2.05) is 18.2 Å². The quantitative estimate of drug-likeness (QED) is 0.210. The Morgan fingerprint density at radius 2 is 0.881 bits per heavy atom. The van der Waals surface area contributed by atoms with Crippen LogP contribution in [0, 0.1) is 0 Å². The van der Waals surface area contributed by atoms with Crippen LogP contribution in [-0.4, -0.2) is 0 Å². The molecule has 2 heteroatoms. The van der Waals surface area contributed by atoms with Crippen molar-refractivity contribution in [1.82, 2.24) is 0 Å². The van der Waals surface area contributed by atoms with Gasteiger partial charge in [-0.25, -0.2) is 0 Å². The molecule has 2 nitrogen and oxygen atoms in total. The van der Waals surface area contributed by atoms with E-state index in [9.17, 15) is 0 Å². The Kier molecular flexibility index (Phi) is 4.93. The normalized spacial score (nSPS) is 11.8. The minimum absolute atomic E-state index is 0.827. The first-order valence-electron chi connectivity index (χ1n) is 14.3. The highest BCUT2D eigenvalue weighted by molar-refractivity contribution is 6.27. The van der Waals surface area contributed by atoms with Crippen LogP contribution in [0.3, 0.4) is 0 Å². The van der Waals surface area contributed by atoms with Gasteiger partial charge in [0.15, 0.2) is 0 Å². The minimum atomic E-state index is 0.827. The van der Waals surface area contributed by atoms with Crippen molar-refractivity contribution in [1.29, 1.82) is 0 Å². The molecule has 7 aromatic carbocycles. The third-order valence-electron chi connectivity index (χ3n) is 8.47. The fourth-order valence-electron chi connectivity index (χ4n) is 6.67. The molecule has 0 atom stereocenters. The maximum Gasteiger partial charge on any atom is 0.147 e. The summed E-state index contributed by atoms with van der Waals surface area (Å²) in [4.78, 5) is 0. The third-order valence-corrected chi connectivity index (χ3v) is 8.47. The van der Waals surface area contributed by atoms with Gasteiger partial charge in [0.2, 0.25) is 0 Å². The van der Waals surface area contributed by atoms with E-state index in [1.54, 1.807) is 0 Å². The minimum Gasteiger partial charge on any atom is -0.456 e. The van der Waals surface area contributed by atoms with Crippen LogP contribution < -0.4 is 0 Å². The van der Waals surface area contributed by atoms with Gasteiger partial charge in [0.05, 0.1) is 5.39 Å². The zero-order valence-electron chi connectivity index (χ0n) is 22.7. The van der Waals surface area contributed by atoms with E-state index in [1.165, 1.54) is 38.2 Å². The Labute approximate surface area is 242 Å². The molecule has 0 radical (unpaired) electrons. The molecular weight excluding hydrogens is 512 g/mol. The monoisotopic (exact) mass is 536 g/mol. The van der Waals surface area contributed by atoms with E-state index < -0.39 is 0 Å². The van der Waals surface area contributed by atoms with Crippen LogP contribution in [0.5, 0.6) is 0 Å². The average Bonchev–Trinajstić information content (AvgIpc) is 3.66. The number of fused-ring (bicyclic) bond motifs is 7. The topological polar surface area (TPSA) is 26.3 Å². The van der Waals surface area contributed by atoms with Crippen molar-refractivity contribution < 1.29 is 8.83 Å². The summed E-state index contributed by atoms with van der Waals surface area (Å²) in [6, 6.07) is 51.2. The fraction of sp³-hybridized carbons (Fsp3) is 0. The van der Waals surface area contributed by atoms with Gasteiger partial charge in [-0.2, -0.15) is 0 Å². The van der Waals surface area contributed by atoms with Crippen LogP contribution in [0.4, 0.5) is 0 Å². The predicted octanol–water partition coefficient (Wildman–Crippen LogP) is 11.6. The highest BCUT2D eigenvalue weighted by Gasteiger charge is 2.23. The third kappa shape index (κ3) is 3.33. The predicted molar refractivity (Wildman–Crippen MR) is 175 cm³/mol. The summed E-state index contributed by atoms with van der Waals surface area (Å²) in [6.45, 7) is 0. The summed E-state index contributed by atoms with van der Waals surface area (Å²) in [5.41, 5.74) is 8.35. The van der Waals surface area contributed by atoms with Crippen LogP contribution in [0.1, 0.15) is 0 Å². The number of hydrogen-bond acceptors (Lipinski definition) is 2. The second kappa shape index (κ2) is 8.95. The average molecular weight is 537 g/mol. The molecule has 196 valence electrons. The fourth-order valence-corrected chi connectivity index (χ4v) is 6.67. The number of para-hydroxylation sites is 1. The summed E-state index contributed by atoms with van der Waals surface area (Å²) in [5.74, 6) is 0.846. The van der Waals surface area contributed by atoms with Crippen LogP contribution >= 0.6 is 0 Å². The van der Waals surface area contributed by atoms with Crippen molar-refractivity contribution in [3.05, 3.63) is 146 Å². The second-order valence-electron chi connectivity index (χ2n) is 10.8. The van der Waals surface area contributed by atoms with Gasteiger partial charge in [-0.05, 0) is 62.0 Å². The second-order valence-corrected chi connectivity index (χ2v) is 10.8. The molecule has 0 aliphatic rings. The van der Waals surface area contributed by atoms with Crippen molar-refractivity contribution in [2.45, 2.75) is 0 Å². The van der Waals surface area contributed by atoms with Crippen molar-refractivity contribution in [3.63, 3.8) is 0 Å². The lowest BCUT2D eigenvalue weighted by Crippen LogP contribution is -1.91. The Morgan fingerprint density at radius 3 is 1.52 bits per heavy atom. The van der Waals surface area contributed by atoms with Gasteiger partial charge in [-0.1, -0.05) is 127 Å². The lowest BCUT2D eigenvalue weighted by atomic mass is 9.85. The summed E-state index contributed by atoms with van der Waals surface area (Å²) in [7, 11) is 0. The number of rotatable bonds is 3. The molecule has 0 aliphatic carbocycles. The van der Waals surface area contributed by atoms with Crippen molar-refractivity contribution >= 4 is 54.5 Å². The van der Waals surface area contributed by atoms with E-state index >= 15 is 0 Å². The summed E-state index contributed by atoms with van der Waals surface area (Å²) in [5, 5.41) is 8.01. The van der Waals surface area contributed by atoms with Crippen LogP contribution in [0.2, 0.25) is 0 Å². The summed E-state index contributed by atoms with van der Waals surface area (Å²) in [6.07, 6.45) is 0. The molecule has 0 unspecified atom stereocenters. The van der Waals surface area contributed by atoms with Crippen molar-refractivity contribution in [2.24, 2.45) is 0 Å².